The highest BCUT2D eigenvalue weighted by Gasteiger charge is 2.18. The maximum absolute atomic E-state index is 12.7. The molecule has 0 unspecified atom stereocenters. The Morgan fingerprint density at radius 1 is 1.11 bits per heavy atom. The first-order valence-electron chi connectivity index (χ1n) is 5.22. The predicted octanol–water partition coefficient (Wildman–Crippen LogP) is 2.86. The van der Waals surface area contributed by atoms with E-state index in [-0.39, 0.29) is 15.6 Å². The molecule has 0 aliphatic heterocycles. The van der Waals surface area contributed by atoms with Gasteiger partial charge in [0, 0.05) is 11.4 Å². The van der Waals surface area contributed by atoms with Gasteiger partial charge in [-0.3, -0.25) is 4.72 Å². The Morgan fingerprint density at radius 2 is 1.74 bits per heavy atom. The van der Waals surface area contributed by atoms with Gasteiger partial charge in [0.25, 0.3) is 10.0 Å². The van der Waals surface area contributed by atoms with Gasteiger partial charge in [-0.15, -0.1) is 0 Å². The summed E-state index contributed by atoms with van der Waals surface area (Å²) in [5.74, 6) is -0.450. The van der Waals surface area contributed by atoms with E-state index in [1.165, 1.54) is 30.3 Å². The number of nitrogens with two attached hydrogens (primary N) is 1. The zero-order chi connectivity index (χ0) is 14.0. The Balaban J connectivity index is 2.35. The number of rotatable bonds is 3. The number of sulfonamides is 1. The third-order valence-corrected chi connectivity index (χ3v) is 4.21. The molecule has 19 heavy (non-hydrogen) atoms. The van der Waals surface area contributed by atoms with E-state index >= 15 is 0 Å². The zero-order valence-corrected chi connectivity index (χ0v) is 11.2. The van der Waals surface area contributed by atoms with Crippen molar-refractivity contribution in [2.45, 2.75) is 4.90 Å². The van der Waals surface area contributed by atoms with Gasteiger partial charge in [0.15, 0.2) is 0 Å². The van der Waals surface area contributed by atoms with Crippen molar-refractivity contribution in [2.24, 2.45) is 0 Å². The van der Waals surface area contributed by atoms with Crippen LogP contribution in [0.15, 0.2) is 47.4 Å². The standard InChI is InChI=1S/C12H10ClFN2O2S/c13-11-7-9(15)3-6-12(11)19(17,18)16-10-4-1-8(14)2-5-10/h1-7,16H,15H2. The topological polar surface area (TPSA) is 72.2 Å². The number of nitrogen functional groups attached to an aromatic ring is 1. The lowest BCUT2D eigenvalue weighted by Crippen LogP contribution is -2.13. The average Bonchev–Trinajstić information content (AvgIpc) is 2.31. The lowest BCUT2D eigenvalue weighted by molar-refractivity contribution is 0.601. The Kier molecular flexibility index (Phi) is 3.64. The van der Waals surface area contributed by atoms with Crippen molar-refractivity contribution in [1.82, 2.24) is 0 Å². The minimum Gasteiger partial charge on any atom is -0.399 e. The second-order valence-electron chi connectivity index (χ2n) is 3.80. The molecule has 0 bridgehead atoms. The molecule has 0 radical (unpaired) electrons. The third-order valence-electron chi connectivity index (χ3n) is 2.34. The monoisotopic (exact) mass is 300 g/mol. The molecule has 0 aliphatic rings. The highest BCUT2D eigenvalue weighted by atomic mass is 35.5. The van der Waals surface area contributed by atoms with E-state index in [9.17, 15) is 12.8 Å². The fraction of sp³-hybridized carbons (Fsp3) is 0. The summed E-state index contributed by atoms with van der Waals surface area (Å²) in [4.78, 5) is -0.0901. The fourth-order valence-electron chi connectivity index (χ4n) is 1.46. The van der Waals surface area contributed by atoms with Crippen molar-refractivity contribution in [3.63, 3.8) is 0 Å². The SMILES string of the molecule is Nc1ccc(S(=O)(=O)Nc2ccc(F)cc2)c(Cl)c1. The van der Waals surface area contributed by atoms with Crippen LogP contribution in [0.2, 0.25) is 5.02 Å². The van der Waals surface area contributed by atoms with Gasteiger partial charge >= 0.3 is 0 Å². The van der Waals surface area contributed by atoms with E-state index in [4.69, 9.17) is 17.3 Å². The van der Waals surface area contributed by atoms with E-state index in [0.29, 0.717) is 5.69 Å². The van der Waals surface area contributed by atoms with Crippen LogP contribution in [0.3, 0.4) is 0 Å². The van der Waals surface area contributed by atoms with Crippen LogP contribution in [0.5, 0.6) is 0 Å². The van der Waals surface area contributed by atoms with Crippen LogP contribution in [0.4, 0.5) is 15.8 Å². The van der Waals surface area contributed by atoms with Gasteiger partial charge in [-0.05, 0) is 42.5 Å². The number of hydrogen-bond acceptors (Lipinski definition) is 3. The van der Waals surface area contributed by atoms with Crippen LogP contribution in [-0.2, 0) is 10.0 Å². The molecule has 4 nitrogen and oxygen atoms in total. The first-order chi connectivity index (χ1) is 8.88. The van der Waals surface area contributed by atoms with E-state index in [1.807, 2.05) is 0 Å². The predicted molar refractivity (Wildman–Crippen MR) is 73.1 cm³/mol. The van der Waals surface area contributed by atoms with Crippen molar-refractivity contribution < 1.29 is 12.8 Å². The molecule has 0 spiro atoms. The molecular formula is C12H10ClFN2O2S. The smallest absolute Gasteiger partial charge is 0.263 e. The molecule has 0 saturated heterocycles. The number of benzene rings is 2. The summed E-state index contributed by atoms with van der Waals surface area (Å²) < 4.78 is 39.2. The Hall–Kier alpha value is -1.79. The summed E-state index contributed by atoms with van der Waals surface area (Å²) in [6, 6.07) is 9.04. The third kappa shape index (κ3) is 3.15. The lowest BCUT2D eigenvalue weighted by Gasteiger charge is -2.09. The van der Waals surface area contributed by atoms with Gasteiger partial charge in [0.05, 0.1) is 5.02 Å². The molecule has 0 aliphatic carbocycles. The quantitative estimate of drug-likeness (QED) is 0.856. The number of halogens is 2. The van der Waals surface area contributed by atoms with Crippen LogP contribution in [0.1, 0.15) is 0 Å². The van der Waals surface area contributed by atoms with Crippen LogP contribution >= 0.6 is 11.6 Å². The number of anilines is 2. The molecule has 0 fully saturated rings. The molecule has 0 saturated carbocycles. The minimum atomic E-state index is -3.83. The van der Waals surface area contributed by atoms with Gasteiger partial charge in [-0.2, -0.15) is 0 Å². The van der Waals surface area contributed by atoms with Gasteiger partial charge in [0.2, 0.25) is 0 Å². The van der Waals surface area contributed by atoms with Crippen molar-refractivity contribution in [3.8, 4) is 0 Å². The zero-order valence-electron chi connectivity index (χ0n) is 9.60. The summed E-state index contributed by atoms with van der Waals surface area (Å²) >= 11 is 5.85. The molecule has 0 amide bonds. The van der Waals surface area contributed by atoms with Gasteiger partial charge in [-0.1, -0.05) is 11.6 Å². The van der Waals surface area contributed by atoms with Crippen molar-refractivity contribution in [2.75, 3.05) is 10.5 Å². The number of nitrogens with one attached hydrogen (secondary N) is 1. The van der Waals surface area contributed by atoms with Crippen LogP contribution in [0.25, 0.3) is 0 Å². The second kappa shape index (κ2) is 5.07. The normalized spacial score (nSPS) is 11.3. The highest BCUT2D eigenvalue weighted by Crippen LogP contribution is 2.25. The Labute approximate surface area is 115 Å². The molecule has 0 atom stereocenters. The molecule has 3 N–H and O–H groups in total. The number of hydrogen-bond donors (Lipinski definition) is 2. The second-order valence-corrected chi connectivity index (χ2v) is 5.86. The fourth-order valence-corrected chi connectivity index (χ4v) is 3.08. The van der Waals surface area contributed by atoms with E-state index in [0.717, 1.165) is 12.1 Å². The Bertz CT molecular complexity index is 702. The molecule has 0 heterocycles. The van der Waals surface area contributed by atoms with Gasteiger partial charge in [0.1, 0.15) is 10.7 Å². The van der Waals surface area contributed by atoms with E-state index in [1.54, 1.807) is 0 Å². The summed E-state index contributed by atoms with van der Waals surface area (Å²) in [6.07, 6.45) is 0. The maximum Gasteiger partial charge on any atom is 0.263 e. The van der Waals surface area contributed by atoms with E-state index in [2.05, 4.69) is 4.72 Å². The molecule has 100 valence electrons. The van der Waals surface area contributed by atoms with Crippen molar-refractivity contribution in [1.29, 1.82) is 0 Å². The lowest BCUT2D eigenvalue weighted by atomic mass is 10.3. The Morgan fingerprint density at radius 3 is 2.32 bits per heavy atom. The van der Waals surface area contributed by atoms with Crippen LogP contribution in [-0.4, -0.2) is 8.42 Å². The van der Waals surface area contributed by atoms with Crippen molar-refractivity contribution >= 4 is 33.0 Å². The summed E-state index contributed by atoms with van der Waals surface area (Å²) in [7, 11) is -3.83. The highest BCUT2D eigenvalue weighted by molar-refractivity contribution is 7.92. The molecule has 0 aromatic heterocycles. The molecular weight excluding hydrogens is 291 g/mol. The van der Waals surface area contributed by atoms with Crippen LogP contribution < -0.4 is 10.5 Å². The summed E-state index contributed by atoms with van der Waals surface area (Å²) in [5.41, 5.74) is 6.11. The summed E-state index contributed by atoms with van der Waals surface area (Å²) in [6.45, 7) is 0. The average molecular weight is 301 g/mol. The minimum absolute atomic E-state index is 0.0228. The molecule has 2 aromatic carbocycles. The van der Waals surface area contributed by atoms with Crippen molar-refractivity contribution in [3.05, 3.63) is 53.3 Å². The first kappa shape index (κ1) is 13.6. The molecule has 2 aromatic rings. The van der Waals surface area contributed by atoms with E-state index < -0.39 is 15.8 Å². The molecule has 2 rings (SSSR count). The largest absolute Gasteiger partial charge is 0.399 e. The van der Waals surface area contributed by atoms with Crippen LogP contribution in [0, 0.1) is 5.82 Å². The van der Waals surface area contributed by atoms with Gasteiger partial charge in [-0.25, -0.2) is 12.8 Å². The van der Waals surface area contributed by atoms with Gasteiger partial charge < -0.3 is 5.73 Å². The first-order valence-corrected chi connectivity index (χ1v) is 7.08. The molecule has 7 heteroatoms. The summed E-state index contributed by atoms with van der Waals surface area (Å²) in [5, 5.41) is 0.0228. The maximum atomic E-state index is 12.7.